The first-order valence-corrected chi connectivity index (χ1v) is 21.8. The maximum atomic E-state index is 12.7. The molecule has 11 N–H and O–H groups in total. The van der Waals surface area contributed by atoms with Crippen LogP contribution in [0.2, 0.25) is 0 Å². The van der Waals surface area contributed by atoms with Crippen molar-refractivity contribution in [3.05, 3.63) is 24.8 Å². The van der Waals surface area contributed by atoms with Gasteiger partial charge in [-0.1, -0.05) is 37.8 Å². The number of phosphoric ester groups is 3. The van der Waals surface area contributed by atoms with E-state index in [9.17, 15) is 62.7 Å². The molecule has 0 radical (unpaired) electrons. The lowest BCUT2D eigenvalue weighted by Crippen LogP contribution is -2.46. The third kappa shape index (κ3) is 15.5. The maximum Gasteiger partial charge on any atom is 0.481 e. The number of ether oxygens (including phenoxy) is 1. The van der Waals surface area contributed by atoms with E-state index in [4.69, 9.17) is 24.6 Å². The third-order valence-corrected chi connectivity index (χ3v) is 11.5. The summed E-state index contributed by atoms with van der Waals surface area (Å²) in [5.74, 6) is -2.35. The minimum atomic E-state index is -5.59. The fourth-order valence-corrected chi connectivity index (χ4v) is 8.19. The molecule has 3 rings (SSSR count). The molecule has 0 bridgehead atoms. The molecular weight excluding hydrogens is 851 g/mol. The van der Waals surface area contributed by atoms with Crippen LogP contribution in [0.1, 0.15) is 39.3 Å². The Morgan fingerprint density at radius 3 is 2.37 bits per heavy atom. The van der Waals surface area contributed by atoms with E-state index >= 15 is 0 Å². The van der Waals surface area contributed by atoms with Gasteiger partial charge in [0.25, 0.3) is 0 Å². The molecule has 0 aromatic carbocycles. The van der Waals surface area contributed by atoms with Crippen LogP contribution in [0.15, 0.2) is 24.8 Å². The highest BCUT2D eigenvalue weighted by Gasteiger charge is 2.50. The number of nitrogens with two attached hydrogens (primary N) is 1. The van der Waals surface area contributed by atoms with Crippen LogP contribution in [0, 0.1) is 5.41 Å². The van der Waals surface area contributed by atoms with Crippen LogP contribution in [-0.2, 0) is 55.5 Å². The van der Waals surface area contributed by atoms with Crippen molar-refractivity contribution in [2.24, 2.45) is 5.41 Å². The van der Waals surface area contributed by atoms with Gasteiger partial charge in [0.15, 0.2) is 22.8 Å². The summed E-state index contributed by atoms with van der Waals surface area (Å²) in [6.45, 7) is 0.271. The Morgan fingerprint density at radius 2 is 1.70 bits per heavy atom. The van der Waals surface area contributed by atoms with E-state index in [0.717, 1.165) is 29.0 Å². The average Bonchev–Trinajstić information content (AvgIpc) is 3.66. The highest BCUT2D eigenvalue weighted by molar-refractivity contribution is 8.13. The van der Waals surface area contributed by atoms with Gasteiger partial charge in [0.2, 0.25) is 11.8 Å². The van der Waals surface area contributed by atoms with Gasteiger partial charge in [-0.3, -0.25) is 37.3 Å². The van der Waals surface area contributed by atoms with Gasteiger partial charge in [0.05, 0.1) is 26.0 Å². The smallest absolute Gasteiger partial charge is 0.481 e. The van der Waals surface area contributed by atoms with Gasteiger partial charge >= 0.3 is 29.4 Å². The number of carbonyl (C=O) groups excluding carboxylic acids is 3. The molecule has 7 atom stereocenters. The van der Waals surface area contributed by atoms with Crippen LogP contribution < -0.4 is 16.4 Å². The summed E-state index contributed by atoms with van der Waals surface area (Å²) in [6, 6.07) is 0. The van der Waals surface area contributed by atoms with Gasteiger partial charge in [0, 0.05) is 37.1 Å². The molecule has 1 aliphatic rings. The zero-order chi connectivity index (χ0) is 42.8. The minimum absolute atomic E-state index is 0.0203. The number of aromatic nitrogens is 4. The summed E-state index contributed by atoms with van der Waals surface area (Å²) in [7, 11) is -16.4. The molecular formula is C27H42N7O19P3S. The summed E-state index contributed by atoms with van der Waals surface area (Å²) < 4.78 is 62.0. The zero-order valence-electron chi connectivity index (χ0n) is 30.0. The van der Waals surface area contributed by atoms with E-state index in [1.165, 1.54) is 26.0 Å². The number of allylic oxidation sites excluding steroid dienone is 1. The second kappa shape index (κ2) is 20.6. The van der Waals surface area contributed by atoms with E-state index in [-0.39, 0.29) is 60.2 Å². The number of hydrogen-bond donors (Lipinski definition) is 10. The van der Waals surface area contributed by atoms with Crippen molar-refractivity contribution in [3.63, 3.8) is 0 Å². The lowest BCUT2D eigenvalue weighted by atomic mass is 9.87. The minimum Gasteiger partial charge on any atom is -0.481 e. The zero-order valence-corrected chi connectivity index (χ0v) is 33.5. The molecule has 3 heterocycles. The monoisotopic (exact) mass is 893 g/mol. The molecule has 0 saturated carbocycles. The maximum absolute atomic E-state index is 12.7. The first-order valence-electron chi connectivity index (χ1n) is 16.3. The number of anilines is 1. The largest absolute Gasteiger partial charge is 0.481 e. The molecule has 1 aliphatic heterocycles. The lowest BCUT2D eigenvalue weighted by molar-refractivity contribution is -0.137. The second-order valence-corrected chi connectivity index (χ2v) is 18.0. The molecule has 320 valence electrons. The van der Waals surface area contributed by atoms with E-state index in [1.807, 2.05) is 0 Å². The molecule has 30 heteroatoms. The third-order valence-electron chi connectivity index (χ3n) is 7.51. The number of carboxylic acids is 1. The molecule has 0 spiro atoms. The summed E-state index contributed by atoms with van der Waals surface area (Å²) >= 11 is 0.930. The lowest BCUT2D eigenvalue weighted by Gasteiger charge is -2.30. The van der Waals surface area contributed by atoms with Crippen LogP contribution in [0.4, 0.5) is 5.82 Å². The number of nitrogen functional groups attached to an aromatic ring is 1. The Labute approximate surface area is 327 Å². The molecule has 0 aliphatic carbocycles. The Bertz CT molecular complexity index is 1930. The Kier molecular flexibility index (Phi) is 17.4. The summed E-state index contributed by atoms with van der Waals surface area (Å²) in [6.07, 6.45) is -4.48. The molecule has 1 saturated heterocycles. The number of nitrogens with one attached hydrogen (secondary N) is 2. The standard InChI is InChI=1S/C27H42N7O19P3S/c1-27(2,22(40)25(41)30-8-7-16(35)29-9-10-57-18(38)6-4-3-5-17(36)37)12-50-56(47,48)53-55(45,46)49-11-15-21(52-54(42,43)44)20(39)26(51-15)34-14-33-19-23(28)31-13-32-24(19)34/h3-4,13-15,20-22,26,39-40H,5-12H2,1-2H3,(H,29,35)(H,30,41)(H,36,37)(H,45,46)(H,47,48)(H2,28,31,32)(H2,42,43,44)/b4-3-/t15-,20-,21-,22+,26-/m1/s1. The van der Waals surface area contributed by atoms with Crippen molar-refractivity contribution < 1.29 is 90.4 Å². The Morgan fingerprint density at radius 1 is 1.04 bits per heavy atom. The number of fused-ring (bicyclic) bond motifs is 1. The highest BCUT2D eigenvalue weighted by Crippen LogP contribution is 2.61. The predicted octanol–water partition coefficient (Wildman–Crippen LogP) is -0.914. The number of amides is 2. The van der Waals surface area contributed by atoms with Crippen molar-refractivity contribution >= 4 is 75.1 Å². The van der Waals surface area contributed by atoms with E-state index in [0.29, 0.717) is 0 Å². The van der Waals surface area contributed by atoms with Gasteiger partial charge in [-0.05, 0) is 0 Å². The Balaban J connectivity index is 1.46. The van der Waals surface area contributed by atoms with E-state index in [2.05, 4.69) is 34.4 Å². The predicted molar refractivity (Wildman–Crippen MR) is 193 cm³/mol. The summed E-state index contributed by atoms with van der Waals surface area (Å²) in [5, 5.41) is 34.6. The second-order valence-electron chi connectivity index (χ2n) is 12.6. The van der Waals surface area contributed by atoms with Crippen molar-refractivity contribution in [3.8, 4) is 0 Å². The Hall–Kier alpha value is -3.23. The summed E-state index contributed by atoms with van der Waals surface area (Å²) in [4.78, 5) is 97.7. The average molecular weight is 894 g/mol. The van der Waals surface area contributed by atoms with Crippen LogP contribution in [-0.4, -0.2) is 134 Å². The fraction of sp³-hybridized carbons (Fsp3) is 0.593. The van der Waals surface area contributed by atoms with Crippen molar-refractivity contribution in [1.29, 1.82) is 0 Å². The first-order chi connectivity index (χ1) is 26.4. The van der Waals surface area contributed by atoms with Gasteiger partial charge in [0.1, 0.15) is 36.3 Å². The van der Waals surface area contributed by atoms with Crippen LogP contribution in [0.3, 0.4) is 0 Å². The number of carbonyl (C=O) groups is 4. The van der Waals surface area contributed by atoms with Gasteiger partial charge < -0.3 is 56.0 Å². The molecule has 2 unspecified atom stereocenters. The van der Waals surface area contributed by atoms with Crippen LogP contribution >= 0.6 is 35.2 Å². The SMILES string of the molecule is CC(C)(COP(=O)(O)OP(=O)(O)OC[C@H]1O[C@@H](n2cnc3c(N)ncnc32)[C@H](O)[C@@H]1OP(=O)(O)O)[C@@H](O)C(=O)NCCC(=O)NCCSC(=O)C/C=C\CC(=O)O. The normalized spacial score (nSPS) is 21.5. The molecule has 2 aromatic rings. The highest BCUT2D eigenvalue weighted by atomic mass is 32.2. The number of imidazole rings is 1. The molecule has 26 nitrogen and oxygen atoms in total. The number of hydrogen-bond acceptors (Lipinski definition) is 19. The first kappa shape index (κ1) is 48.1. The number of aliphatic carboxylic acids is 1. The molecule has 1 fully saturated rings. The van der Waals surface area contributed by atoms with Crippen molar-refractivity contribution in [1.82, 2.24) is 30.2 Å². The number of aliphatic hydroxyl groups is 2. The molecule has 57 heavy (non-hydrogen) atoms. The number of phosphoric acid groups is 3. The number of rotatable bonds is 23. The quantitative estimate of drug-likeness (QED) is 0.0366. The van der Waals surface area contributed by atoms with Crippen molar-refractivity contribution in [2.45, 2.75) is 63.8 Å². The van der Waals surface area contributed by atoms with E-state index < -0.39 is 90.5 Å². The van der Waals surface area contributed by atoms with Crippen LogP contribution in [0.25, 0.3) is 11.2 Å². The van der Waals surface area contributed by atoms with Crippen LogP contribution in [0.5, 0.6) is 0 Å². The van der Waals surface area contributed by atoms with Gasteiger partial charge in [-0.25, -0.2) is 28.6 Å². The summed E-state index contributed by atoms with van der Waals surface area (Å²) in [5.41, 5.74) is 4.21. The number of nitrogens with zero attached hydrogens (tertiary/aromatic N) is 4. The topological polar surface area (TPSA) is 401 Å². The number of carboxylic acid groups (broad SMARTS) is 1. The number of thioether (sulfide) groups is 1. The van der Waals surface area contributed by atoms with Gasteiger partial charge in [-0.2, -0.15) is 4.31 Å². The number of aliphatic hydroxyl groups excluding tert-OH is 2. The molecule has 2 amide bonds. The van der Waals surface area contributed by atoms with Gasteiger partial charge in [-0.15, -0.1) is 0 Å². The van der Waals surface area contributed by atoms with Crippen molar-refractivity contribution in [2.75, 3.05) is 37.8 Å². The fourth-order valence-electron chi connectivity index (χ4n) is 4.72. The molecule has 2 aromatic heterocycles. The van der Waals surface area contributed by atoms with E-state index in [1.54, 1.807) is 0 Å².